The number of halogens is 1. The SMILES string of the molecule is CCC(C)c1ccccc1NC(=O)C(=O)Nc1ccc(Br)cc1C. The minimum absolute atomic E-state index is 0.304. The van der Waals surface area contributed by atoms with Crippen molar-refractivity contribution in [3.05, 3.63) is 58.1 Å². The van der Waals surface area contributed by atoms with Gasteiger partial charge in [-0.2, -0.15) is 0 Å². The van der Waals surface area contributed by atoms with Crippen molar-refractivity contribution in [2.75, 3.05) is 10.6 Å². The van der Waals surface area contributed by atoms with Crippen LogP contribution in [0.2, 0.25) is 0 Å². The molecule has 0 fully saturated rings. The van der Waals surface area contributed by atoms with Crippen molar-refractivity contribution >= 4 is 39.1 Å². The maximum absolute atomic E-state index is 12.2. The third-order valence-electron chi connectivity index (χ3n) is 4.00. The number of hydrogen-bond acceptors (Lipinski definition) is 2. The van der Waals surface area contributed by atoms with Crippen LogP contribution in [0, 0.1) is 6.92 Å². The number of nitrogens with one attached hydrogen (secondary N) is 2. The average Bonchev–Trinajstić information content (AvgIpc) is 2.57. The van der Waals surface area contributed by atoms with Crippen molar-refractivity contribution < 1.29 is 9.59 Å². The molecule has 2 aromatic rings. The summed E-state index contributed by atoms with van der Waals surface area (Å²) in [5, 5.41) is 5.36. The first-order chi connectivity index (χ1) is 11.4. The highest BCUT2D eigenvalue weighted by Crippen LogP contribution is 2.26. The maximum atomic E-state index is 12.2. The van der Waals surface area contributed by atoms with E-state index in [1.54, 1.807) is 6.07 Å². The predicted molar refractivity (Wildman–Crippen MR) is 101 cm³/mol. The topological polar surface area (TPSA) is 58.2 Å². The summed E-state index contributed by atoms with van der Waals surface area (Å²) >= 11 is 3.37. The van der Waals surface area contributed by atoms with Gasteiger partial charge in [-0.25, -0.2) is 0 Å². The van der Waals surface area contributed by atoms with E-state index >= 15 is 0 Å². The van der Waals surface area contributed by atoms with Crippen LogP contribution in [0.3, 0.4) is 0 Å². The Bertz CT molecular complexity index is 759. The zero-order valence-corrected chi connectivity index (χ0v) is 15.6. The van der Waals surface area contributed by atoms with Gasteiger partial charge < -0.3 is 10.6 Å². The van der Waals surface area contributed by atoms with Gasteiger partial charge in [-0.3, -0.25) is 9.59 Å². The van der Waals surface area contributed by atoms with Crippen molar-refractivity contribution in [1.29, 1.82) is 0 Å². The summed E-state index contributed by atoms with van der Waals surface area (Å²) in [6.45, 7) is 6.05. The molecule has 0 bridgehead atoms. The lowest BCUT2D eigenvalue weighted by molar-refractivity contribution is -0.133. The highest BCUT2D eigenvalue weighted by Gasteiger charge is 2.17. The molecule has 0 heterocycles. The van der Waals surface area contributed by atoms with Crippen LogP contribution in [0.1, 0.15) is 37.3 Å². The van der Waals surface area contributed by atoms with Crippen molar-refractivity contribution in [3.8, 4) is 0 Å². The lowest BCUT2D eigenvalue weighted by Gasteiger charge is -2.15. The summed E-state index contributed by atoms with van der Waals surface area (Å²) in [7, 11) is 0. The summed E-state index contributed by atoms with van der Waals surface area (Å²) in [5.74, 6) is -1.05. The van der Waals surface area contributed by atoms with E-state index < -0.39 is 11.8 Å². The lowest BCUT2D eigenvalue weighted by Crippen LogP contribution is -2.29. The first-order valence-corrected chi connectivity index (χ1v) is 8.69. The van der Waals surface area contributed by atoms with E-state index in [1.807, 2.05) is 43.3 Å². The molecule has 0 aliphatic heterocycles. The van der Waals surface area contributed by atoms with Gasteiger partial charge in [0.1, 0.15) is 0 Å². The molecule has 0 aliphatic carbocycles. The number of hydrogen-bond donors (Lipinski definition) is 2. The maximum Gasteiger partial charge on any atom is 0.314 e. The van der Waals surface area contributed by atoms with E-state index in [9.17, 15) is 9.59 Å². The van der Waals surface area contributed by atoms with E-state index in [1.165, 1.54) is 0 Å². The summed E-state index contributed by atoms with van der Waals surface area (Å²) in [4.78, 5) is 24.4. The Balaban J connectivity index is 2.11. The van der Waals surface area contributed by atoms with Crippen LogP contribution in [0.25, 0.3) is 0 Å². The van der Waals surface area contributed by atoms with Crippen molar-refractivity contribution in [2.24, 2.45) is 0 Å². The van der Waals surface area contributed by atoms with Gasteiger partial charge in [0.15, 0.2) is 0 Å². The van der Waals surface area contributed by atoms with Gasteiger partial charge >= 0.3 is 11.8 Å². The minimum Gasteiger partial charge on any atom is -0.318 e. The predicted octanol–water partition coefficient (Wildman–Crippen LogP) is 4.85. The molecule has 0 aromatic heterocycles. The van der Waals surface area contributed by atoms with Crippen LogP contribution in [-0.2, 0) is 9.59 Å². The van der Waals surface area contributed by atoms with Gasteiger partial charge in [0.25, 0.3) is 0 Å². The molecule has 2 rings (SSSR count). The third-order valence-corrected chi connectivity index (χ3v) is 4.49. The molecular weight excluding hydrogens is 368 g/mol. The second-order valence-electron chi connectivity index (χ2n) is 5.76. The third kappa shape index (κ3) is 4.45. The molecule has 1 unspecified atom stereocenters. The average molecular weight is 389 g/mol. The quantitative estimate of drug-likeness (QED) is 0.735. The Morgan fingerprint density at radius 2 is 1.67 bits per heavy atom. The number of para-hydroxylation sites is 1. The van der Waals surface area contributed by atoms with Gasteiger partial charge in [-0.05, 0) is 54.7 Å². The second kappa shape index (κ2) is 8.11. The van der Waals surface area contributed by atoms with Crippen molar-refractivity contribution in [3.63, 3.8) is 0 Å². The standard InChI is InChI=1S/C19H21BrN2O2/c1-4-12(2)15-7-5-6-8-17(15)22-19(24)18(23)21-16-10-9-14(20)11-13(16)3/h5-12H,4H2,1-3H3,(H,21,23)(H,22,24). The Hall–Kier alpha value is -2.14. The Kier molecular flexibility index (Phi) is 6.15. The molecule has 0 radical (unpaired) electrons. The fraction of sp³-hybridized carbons (Fsp3) is 0.263. The summed E-state index contributed by atoms with van der Waals surface area (Å²) < 4.78 is 0.921. The summed E-state index contributed by atoms with van der Waals surface area (Å²) in [6.07, 6.45) is 0.956. The van der Waals surface area contributed by atoms with Crippen LogP contribution in [0.5, 0.6) is 0 Å². The first kappa shape index (κ1) is 18.2. The van der Waals surface area contributed by atoms with E-state index in [0.29, 0.717) is 17.3 Å². The van der Waals surface area contributed by atoms with Crippen LogP contribution >= 0.6 is 15.9 Å². The highest BCUT2D eigenvalue weighted by molar-refractivity contribution is 9.10. The molecule has 1 atom stereocenters. The lowest BCUT2D eigenvalue weighted by atomic mass is 9.97. The van der Waals surface area contributed by atoms with Crippen molar-refractivity contribution in [1.82, 2.24) is 0 Å². The number of benzene rings is 2. The zero-order chi connectivity index (χ0) is 17.7. The largest absolute Gasteiger partial charge is 0.318 e. The van der Waals surface area contributed by atoms with E-state index in [0.717, 1.165) is 22.0 Å². The van der Waals surface area contributed by atoms with Crippen LogP contribution in [-0.4, -0.2) is 11.8 Å². The fourth-order valence-electron chi connectivity index (χ4n) is 2.39. The fourth-order valence-corrected chi connectivity index (χ4v) is 2.86. The van der Waals surface area contributed by atoms with Gasteiger partial charge in [-0.1, -0.05) is 48.0 Å². The van der Waals surface area contributed by atoms with Crippen LogP contribution in [0.4, 0.5) is 11.4 Å². The molecule has 2 amide bonds. The minimum atomic E-state index is -0.681. The molecule has 4 nitrogen and oxygen atoms in total. The number of carbonyl (C=O) groups excluding carboxylic acids is 2. The van der Waals surface area contributed by atoms with Crippen LogP contribution < -0.4 is 10.6 Å². The number of amides is 2. The second-order valence-corrected chi connectivity index (χ2v) is 6.68. The molecule has 0 saturated carbocycles. The normalized spacial score (nSPS) is 11.7. The smallest absolute Gasteiger partial charge is 0.314 e. The summed E-state index contributed by atoms with van der Waals surface area (Å²) in [5.41, 5.74) is 3.21. The number of anilines is 2. The van der Waals surface area contributed by atoms with Crippen molar-refractivity contribution in [2.45, 2.75) is 33.1 Å². The number of aryl methyl sites for hydroxylation is 1. The van der Waals surface area contributed by atoms with E-state index in [2.05, 4.69) is 40.4 Å². The molecular formula is C19H21BrN2O2. The molecule has 5 heteroatoms. The first-order valence-electron chi connectivity index (χ1n) is 7.89. The van der Waals surface area contributed by atoms with Gasteiger partial charge in [0.2, 0.25) is 0 Å². The van der Waals surface area contributed by atoms with Crippen LogP contribution in [0.15, 0.2) is 46.9 Å². The molecule has 2 N–H and O–H groups in total. The Labute approximate surface area is 150 Å². The number of carbonyl (C=O) groups is 2. The summed E-state index contributed by atoms with van der Waals surface area (Å²) in [6, 6.07) is 13.0. The molecule has 0 spiro atoms. The van der Waals surface area contributed by atoms with E-state index in [-0.39, 0.29) is 0 Å². The zero-order valence-electron chi connectivity index (χ0n) is 14.0. The van der Waals surface area contributed by atoms with E-state index in [4.69, 9.17) is 0 Å². The highest BCUT2D eigenvalue weighted by atomic mass is 79.9. The molecule has 0 saturated heterocycles. The molecule has 0 aliphatic rings. The molecule has 126 valence electrons. The Morgan fingerprint density at radius 3 is 2.29 bits per heavy atom. The van der Waals surface area contributed by atoms with Gasteiger partial charge in [0.05, 0.1) is 0 Å². The van der Waals surface area contributed by atoms with Gasteiger partial charge in [0, 0.05) is 15.8 Å². The number of rotatable bonds is 4. The molecule has 24 heavy (non-hydrogen) atoms. The van der Waals surface area contributed by atoms with Gasteiger partial charge in [-0.15, -0.1) is 0 Å². The monoisotopic (exact) mass is 388 g/mol. The molecule has 2 aromatic carbocycles. The Morgan fingerprint density at radius 1 is 1.04 bits per heavy atom.